The second-order valence-electron chi connectivity index (χ2n) is 9.88. The maximum Gasteiger partial charge on any atom is 0.192 e. The molecule has 7 nitrogen and oxygen atoms in total. The number of aliphatic hydroxyl groups is 4. The Labute approximate surface area is 176 Å². The number of Topliss-reactive ketones (excluding diaryl/α,β-unsaturated/α-hetero) is 1. The molecule has 7 heteroatoms. The standard InChI is InChI=1S/C23H32O7/c1-21-6-5-14(26)9-13(21)3-4-15-16-10-19(30-8-7-24)23(29,18(28)12-25)22(16,2)11-17(27)20(15)21/h5-6,9,15-17,19-20,24-25,27,29H,3-4,7-8,10-12H2,1-2H3/t15-,16-,17-,19+,20+,21-,22-,23+/m0/s1. The normalized spacial score (nSPS) is 47.3. The Kier molecular flexibility index (Phi) is 5.35. The summed E-state index contributed by atoms with van der Waals surface area (Å²) in [5.74, 6) is -0.937. The van der Waals surface area contributed by atoms with E-state index in [4.69, 9.17) is 4.74 Å². The Morgan fingerprint density at radius 2 is 2.03 bits per heavy atom. The van der Waals surface area contributed by atoms with E-state index in [-0.39, 0.29) is 43.2 Å². The number of aliphatic hydroxyl groups excluding tert-OH is 3. The highest BCUT2D eigenvalue weighted by molar-refractivity contribution is 6.01. The average molecular weight is 421 g/mol. The largest absolute Gasteiger partial charge is 0.394 e. The number of rotatable bonds is 5. The lowest BCUT2D eigenvalue weighted by molar-refractivity contribution is -0.195. The van der Waals surface area contributed by atoms with Crippen molar-refractivity contribution in [2.75, 3.05) is 19.8 Å². The predicted molar refractivity (Wildman–Crippen MR) is 107 cm³/mol. The van der Waals surface area contributed by atoms with E-state index in [1.807, 2.05) is 13.0 Å². The van der Waals surface area contributed by atoms with Crippen LogP contribution in [0.1, 0.15) is 39.5 Å². The summed E-state index contributed by atoms with van der Waals surface area (Å²) >= 11 is 0. The van der Waals surface area contributed by atoms with E-state index in [1.54, 1.807) is 12.2 Å². The number of ketones is 2. The molecule has 4 aliphatic rings. The molecular formula is C23H32O7. The summed E-state index contributed by atoms with van der Waals surface area (Å²) in [6, 6.07) is 0. The van der Waals surface area contributed by atoms with Crippen LogP contribution in [-0.2, 0) is 14.3 Å². The van der Waals surface area contributed by atoms with Gasteiger partial charge in [0.25, 0.3) is 0 Å². The molecule has 0 spiro atoms. The molecule has 0 saturated heterocycles. The lowest BCUT2D eigenvalue weighted by atomic mass is 9.46. The van der Waals surface area contributed by atoms with E-state index in [0.29, 0.717) is 6.42 Å². The molecule has 0 bridgehead atoms. The quantitative estimate of drug-likeness (QED) is 0.512. The lowest BCUT2D eigenvalue weighted by Gasteiger charge is -2.59. The fourth-order valence-corrected chi connectivity index (χ4v) is 7.32. The topological polar surface area (TPSA) is 124 Å². The van der Waals surface area contributed by atoms with Crippen molar-refractivity contribution in [1.29, 1.82) is 0 Å². The van der Waals surface area contributed by atoms with Crippen molar-refractivity contribution in [3.63, 3.8) is 0 Å². The first-order chi connectivity index (χ1) is 14.1. The van der Waals surface area contributed by atoms with Crippen LogP contribution >= 0.6 is 0 Å². The molecule has 0 unspecified atom stereocenters. The summed E-state index contributed by atoms with van der Waals surface area (Å²) in [6.45, 7) is 2.82. The van der Waals surface area contributed by atoms with Crippen molar-refractivity contribution in [3.05, 3.63) is 23.8 Å². The monoisotopic (exact) mass is 420 g/mol. The molecule has 0 aliphatic heterocycles. The van der Waals surface area contributed by atoms with Gasteiger partial charge in [-0.3, -0.25) is 9.59 Å². The van der Waals surface area contributed by atoms with Gasteiger partial charge in [0.05, 0.1) is 25.4 Å². The minimum absolute atomic E-state index is 0.0133. The molecule has 4 rings (SSSR count). The third-order valence-electron chi connectivity index (χ3n) is 8.67. The number of carbonyl (C=O) groups is 2. The van der Waals surface area contributed by atoms with Crippen LogP contribution in [0.2, 0.25) is 0 Å². The molecular weight excluding hydrogens is 388 g/mol. The van der Waals surface area contributed by atoms with E-state index >= 15 is 0 Å². The number of hydrogen-bond donors (Lipinski definition) is 4. The Morgan fingerprint density at radius 3 is 2.70 bits per heavy atom. The number of fused-ring (bicyclic) bond motifs is 5. The van der Waals surface area contributed by atoms with Crippen LogP contribution in [0, 0.1) is 28.6 Å². The molecule has 0 aromatic heterocycles. The van der Waals surface area contributed by atoms with Gasteiger partial charge in [-0.25, -0.2) is 0 Å². The lowest BCUT2D eigenvalue weighted by Crippen LogP contribution is -2.64. The van der Waals surface area contributed by atoms with E-state index in [9.17, 15) is 30.0 Å². The zero-order valence-corrected chi connectivity index (χ0v) is 17.6. The van der Waals surface area contributed by atoms with Crippen LogP contribution in [0.25, 0.3) is 0 Å². The molecule has 0 amide bonds. The molecule has 3 fully saturated rings. The van der Waals surface area contributed by atoms with Crippen LogP contribution in [0.3, 0.4) is 0 Å². The highest BCUT2D eigenvalue weighted by Gasteiger charge is 2.71. The van der Waals surface area contributed by atoms with Crippen LogP contribution in [0.4, 0.5) is 0 Å². The van der Waals surface area contributed by atoms with E-state index in [2.05, 4.69) is 6.92 Å². The minimum Gasteiger partial charge on any atom is -0.394 e. The van der Waals surface area contributed by atoms with Crippen molar-refractivity contribution < 1.29 is 34.8 Å². The van der Waals surface area contributed by atoms with Gasteiger partial charge in [-0.1, -0.05) is 25.5 Å². The molecule has 0 heterocycles. The van der Waals surface area contributed by atoms with Crippen molar-refractivity contribution in [2.45, 2.75) is 57.3 Å². The smallest absolute Gasteiger partial charge is 0.192 e. The second kappa shape index (κ2) is 7.35. The van der Waals surface area contributed by atoms with Gasteiger partial charge in [-0.05, 0) is 49.7 Å². The summed E-state index contributed by atoms with van der Waals surface area (Å²) < 4.78 is 5.73. The van der Waals surface area contributed by atoms with E-state index in [0.717, 1.165) is 18.4 Å². The minimum atomic E-state index is -1.93. The number of hydrogen-bond acceptors (Lipinski definition) is 7. The number of ether oxygens (including phenoxy) is 1. The molecule has 0 aromatic carbocycles. The Morgan fingerprint density at radius 1 is 1.30 bits per heavy atom. The third kappa shape index (κ3) is 2.76. The Hall–Kier alpha value is -1.38. The Bertz CT molecular complexity index is 803. The van der Waals surface area contributed by atoms with E-state index in [1.165, 1.54) is 0 Å². The fourth-order valence-electron chi connectivity index (χ4n) is 7.32. The van der Waals surface area contributed by atoms with Gasteiger partial charge in [0, 0.05) is 16.7 Å². The van der Waals surface area contributed by atoms with Crippen LogP contribution in [0.5, 0.6) is 0 Å². The summed E-state index contributed by atoms with van der Waals surface area (Å²) in [4.78, 5) is 24.7. The van der Waals surface area contributed by atoms with Gasteiger partial charge >= 0.3 is 0 Å². The molecule has 0 radical (unpaired) electrons. The summed E-state index contributed by atoms with van der Waals surface area (Å²) in [5.41, 5.74) is -2.30. The second-order valence-corrected chi connectivity index (χ2v) is 9.88. The summed E-state index contributed by atoms with van der Waals surface area (Å²) in [5, 5.41) is 41.8. The number of allylic oxidation sites excluding steroid dienone is 4. The van der Waals surface area contributed by atoms with Gasteiger partial charge in [0.15, 0.2) is 17.2 Å². The summed E-state index contributed by atoms with van der Waals surface area (Å²) in [7, 11) is 0. The molecule has 8 atom stereocenters. The molecule has 3 saturated carbocycles. The van der Waals surface area contributed by atoms with Crippen LogP contribution in [0.15, 0.2) is 23.8 Å². The van der Waals surface area contributed by atoms with Crippen molar-refractivity contribution >= 4 is 11.6 Å². The highest BCUT2D eigenvalue weighted by Crippen LogP contribution is 2.67. The zero-order chi connectivity index (χ0) is 21.9. The van der Waals surface area contributed by atoms with Crippen LogP contribution in [-0.4, -0.2) is 69.6 Å². The highest BCUT2D eigenvalue weighted by atomic mass is 16.5. The summed E-state index contributed by atoms with van der Waals surface area (Å²) in [6.07, 6.45) is 5.63. The first kappa shape index (κ1) is 21.8. The predicted octanol–water partition coefficient (Wildman–Crippen LogP) is 0.545. The molecule has 0 aromatic rings. The zero-order valence-electron chi connectivity index (χ0n) is 17.6. The van der Waals surface area contributed by atoms with E-state index < -0.39 is 41.0 Å². The van der Waals surface area contributed by atoms with Crippen molar-refractivity contribution in [3.8, 4) is 0 Å². The van der Waals surface area contributed by atoms with Crippen molar-refractivity contribution in [1.82, 2.24) is 0 Å². The van der Waals surface area contributed by atoms with Gasteiger partial charge < -0.3 is 25.2 Å². The third-order valence-corrected chi connectivity index (χ3v) is 8.67. The maximum atomic E-state index is 12.8. The molecule has 4 N–H and O–H groups in total. The van der Waals surface area contributed by atoms with Gasteiger partial charge in [-0.2, -0.15) is 0 Å². The average Bonchev–Trinajstić information content (AvgIpc) is 2.93. The number of carbonyl (C=O) groups excluding carboxylic acids is 2. The van der Waals surface area contributed by atoms with Crippen LogP contribution < -0.4 is 0 Å². The Balaban J connectivity index is 1.76. The first-order valence-corrected chi connectivity index (χ1v) is 10.8. The molecule has 4 aliphatic carbocycles. The molecule has 166 valence electrons. The van der Waals surface area contributed by atoms with Gasteiger partial charge in [-0.15, -0.1) is 0 Å². The fraction of sp³-hybridized carbons (Fsp3) is 0.739. The first-order valence-electron chi connectivity index (χ1n) is 10.8. The molecule has 30 heavy (non-hydrogen) atoms. The SMILES string of the molecule is C[C@]12C=CC(=O)C=C1CC[C@@H]1[C@@H]2[C@@H](O)C[C@@]2(C)[C@H]1C[C@@H](OCCO)[C@]2(O)C(=O)CO. The van der Waals surface area contributed by atoms with Gasteiger partial charge in [0.1, 0.15) is 6.61 Å². The maximum absolute atomic E-state index is 12.8. The van der Waals surface area contributed by atoms with Gasteiger partial charge in [0.2, 0.25) is 0 Å². The van der Waals surface area contributed by atoms with Crippen molar-refractivity contribution in [2.24, 2.45) is 28.6 Å².